The molecule has 2 aromatic heterocycles. The number of nitrogens with one attached hydrogen (secondary N) is 2. The minimum atomic E-state index is -1.35. The van der Waals surface area contributed by atoms with Crippen molar-refractivity contribution in [3.05, 3.63) is 92.7 Å². The maximum Gasteiger partial charge on any atom is 0.188 e. The summed E-state index contributed by atoms with van der Waals surface area (Å²) < 4.78 is 0. The number of hydrogen-bond acceptors (Lipinski definition) is 9. The smallest absolute Gasteiger partial charge is 0.188 e. The Bertz CT molecular complexity index is 2540. The van der Waals surface area contributed by atoms with Crippen molar-refractivity contribution in [1.29, 1.82) is 0 Å². The van der Waals surface area contributed by atoms with Gasteiger partial charge in [-0.2, -0.15) is 0 Å². The van der Waals surface area contributed by atoms with Crippen molar-refractivity contribution < 1.29 is 25.2 Å². The molecule has 0 radical (unpaired) electrons. The third-order valence-electron chi connectivity index (χ3n) is 15.8. The first kappa shape index (κ1) is 43.6. The fraction of sp³-hybridized carbons (Fsp3) is 0.500. The molecule has 2 spiro atoms. The number of aliphatic imine (C=N–C) groups is 1. The van der Waals surface area contributed by atoms with Crippen LogP contribution in [0.4, 0.5) is 5.69 Å². The second kappa shape index (κ2) is 17.4. The van der Waals surface area contributed by atoms with Crippen LogP contribution in [0.2, 0.25) is 0 Å². The number of ketones is 1. The Kier molecular flexibility index (Phi) is 12.0. The number of carbonyl (C=O) groups excluding carboxylic acids is 1. The SMILES string of the molecule is CC#Cc1ccc(-c2ccc(C(=O)C3CCC4CC35CC(C3C#Cc6c(cc(O)cc6NCC(C)(O)C(CO)c6cccc(c6)C3)CC4NC(N)=NC)C3(CCCC3CO)C5)s2)s1. The molecule has 5 aliphatic rings. The molecule has 8 N–H and O–H groups in total. The summed E-state index contributed by atoms with van der Waals surface area (Å²) in [6.45, 7) is 3.55. The molecule has 3 fully saturated rings. The van der Waals surface area contributed by atoms with Crippen molar-refractivity contribution in [1.82, 2.24) is 5.32 Å². The van der Waals surface area contributed by atoms with Gasteiger partial charge in [0.2, 0.25) is 0 Å². The van der Waals surface area contributed by atoms with Crippen LogP contribution in [0, 0.1) is 64.1 Å². The second-order valence-electron chi connectivity index (χ2n) is 19.4. The summed E-state index contributed by atoms with van der Waals surface area (Å²) in [7, 11) is 1.68. The lowest BCUT2D eigenvalue weighted by molar-refractivity contribution is 0.0217. The zero-order valence-corrected chi connectivity index (χ0v) is 38.2. The van der Waals surface area contributed by atoms with E-state index < -0.39 is 11.5 Å². The molecule has 11 heteroatoms. The summed E-state index contributed by atoms with van der Waals surface area (Å²) in [5.41, 5.74) is 8.76. The fourth-order valence-corrected chi connectivity index (χ4v) is 14.9. The predicted octanol–water partition coefficient (Wildman–Crippen LogP) is 7.95. The van der Waals surface area contributed by atoms with Crippen LogP contribution in [0.1, 0.15) is 108 Å². The Morgan fingerprint density at radius 3 is 2.65 bits per heavy atom. The minimum Gasteiger partial charge on any atom is -0.508 e. The highest BCUT2D eigenvalue weighted by Gasteiger charge is 2.64. The number of nitrogens with two attached hydrogens (primary N) is 1. The number of nitrogens with zero attached hydrogens (tertiary/aromatic N) is 1. The van der Waals surface area contributed by atoms with Crippen LogP contribution in [0.3, 0.4) is 0 Å². The molecular formula is C52H60N4O5S2. The Hall–Kier alpha value is -4.62. The van der Waals surface area contributed by atoms with Gasteiger partial charge in [0.15, 0.2) is 11.7 Å². The van der Waals surface area contributed by atoms with Gasteiger partial charge in [0, 0.05) is 59.8 Å². The van der Waals surface area contributed by atoms with E-state index >= 15 is 4.79 Å². The van der Waals surface area contributed by atoms with Crippen LogP contribution in [0.5, 0.6) is 5.75 Å². The standard InChI is InChI=1S/C52H60N4O5S2/c1-4-7-38-13-16-45(62-38)46-17-18-47(63-46)48(60)40-15-12-34-25-51(40)26-41(52(29-51)19-6-10-36(52)27-57)33-11-14-39-35(23-43(34)56-49(53)54-3)22-37(59)24-44(39)55-30-50(2,61)42(28-58)32-9-5-8-31(20-32)21-33/h5,8-9,13,16-18,20,22,24,33-34,36,40-43,55,57-59,61H,6,10,12,15,19,21,23,25-30H2,1-3H3,(H3,53,54,56). The maximum atomic E-state index is 15.4. The number of phenolic OH excluding ortho intramolecular Hbond substituents is 1. The first-order chi connectivity index (χ1) is 30.4. The molecule has 7 bridgehead atoms. The number of anilines is 1. The molecule has 1 aliphatic heterocycles. The maximum absolute atomic E-state index is 15.4. The van der Waals surface area contributed by atoms with Gasteiger partial charge in [0.25, 0.3) is 0 Å². The summed E-state index contributed by atoms with van der Waals surface area (Å²) in [5.74, 6) is 13.8. The van der Waals surface area contributed by atoms with Crippen molar-refractivity contribution in [3.63, 3.8) is 0 Å². The number of benzene rings is 2. The number of thiophene rings is 2. The minimum absolute atomic E-state index is 0.0809. The molecule has 4 aromatic rings. The molecule has 0 saturated heterocycles. The van der Waals surface area contributed by atoms with Gasteiger partial charge in [-0.15, -0.1) is 28.6 Å². The zero-order chi connectivity index (χ0) is 44.1. The topological polar surface area (TPSA) is 160 Å². The normalized spacial score (nSPS) is 32.3. The van der Waals surface area contributed by atoms with Gasteiger partial charge >= 0.3 is 0 Å². The van der Waals surface area contributed by atoms with Crippen molar-refractivity contribution in [3.8, 4) is 39.2 Å². The lowest BCUT2D eigenvalue weighted by Crippen LogP contribution is -2.50. The summed E-state index contributed by atoms with van der Waals surface area (Å²) in [4.78, 5) is 23.7. The first-order valence-corrected chi connectivity index (χ1v) is 24.3. The van der Waals surface area contributed by atoms with E-state index in [0.29, 0.717) is 24.5 Å². The number of phenols is 1. The van der Waals surface area contributed by atoms with E-state index in [2.05, 4.69) is 69.6 Å². The molecule has 2 aromatic carbocycles. The average Bonchev–Trinajstić information content (AvgIpc) is 4.08. The highest BCUT2D eigenvalue weighted by molar-refractivity contribution is 7.23. The second-order valence-corrected chi connectivity index (χ2v) is 21.5. The number of aliphatic hydroxyl groups excluding tert-OH is 2. The quantitative estimate of drug-likeness (QED) is 0.0445. The molecule has 10 unspecified atom stereocenters. The van der Waals surface area contributed by atoms with Crippen molar-refractivity contribution in [2.24, 2.45) is 51.1 Å². The molecule has 63 heavy (non-hydrogen) atoms. The number of aliphatic hydroxyl groups is 3. The molecule has 9 rings (SSSR count). The number of fused-ring (bicyclic) bond motifs is 7. The van der Waals surface area contributed by atoms with Crippen LogP contribution < -0.4 is 16.4 Å². The van der Waals surface area contributed by atoms with Gasteiger partial charge in [-0.1, -0.05) is 48.4 Å². The van der Waals surface area contributed by atoms with Gasteiger partial charge in [-0.25, -0.2) is 0 Å². The molecule has 4 aliphatic carbocycles. The van der Waals surface area contributed by atoms with E-state index in [1.165, 1.54) is 0 Å². The van der Waals surface area contributed by atoms with Gasteiger partial charge in [-0.05, 0) is 147 Å². The number of aromatic hydroxyl groups is 1. The molecule has 9 nitrogen and oxygen atoms in total. The van der Waals surface area contributed by atoms with E-state index in [-0.39, 0.29) is 77.8 Å². The van der Waals surface area contributed by atoms with Gasteiger partial charge in [-0.3, -0.25) is 9.79 Å². The van der Waals surface area contributed by atoms with Gasteiger partial charge in [0.05, 0.1) is 33.2 Å². The third kappa shape index (κ3) is 8.10. The Labute approximate surface area is 379 Å². The van der Waals surface area contributed by atoms with E-state index in [9.17, 15) is 20.4 Å². The van der Waals surface area contributed by atoms with Crippen molar-refractivity contribution in [2.45, 2.75) is 95.6 Å². The summed E-state index contributed by atoms with van der Waals surface area (Å²) in [6, 6.07) is 19.8. The Morgan fingerprint density at radius 2 is 1.86 bits per heavy atom. The number of β-amino-alcohol motifs (C(OH)–C–C–N with tert-alkyl or cyclic N) is 1. The van der Waals surface area contributed by atoms with E-state index in [1.807, 2.05) is 25.1 Å². The van der Waals surface area contributed by atoms with Crippen molar-refractivity contribution >= 4 is 40.1 Å². The summed E-state index contributed by atoms with van der Waals surface area (Å²) >= 11 is 3.24. The number of guanidine groups is 1. The third-order valence-corrected chi connectivity index (χ3v) is 18.1. The van der Waals surface area contributed by atoms with Crippen molar-refractivity contribution in [2.75, 3.05) is 32.1 Å². The Morgan fingerprint density at radius 1 is 1.03 bits per heavy atom. The molecule has 3 heterocycles. The monoisotopic (exact) mass is 884 g/mol. The largest absolute Gasteiger partial charge is 0.508 e. The van der Waals surface area contributed by atoms with Gasteiger partial charge in [0.1, 0.15) is 5.75 Å². The van der Waals surface area contributed by atoms with Crippen LogP contribution in [-0.4, -0.2) is 70.6 Å². The Balaban J connectivity index is 1.23. The van der Waals surface area contributed by atoms with Crippen LogP contribution in [0.15, 0.2) is 65.7 Å². The number of hydrogen-bond donors (Lipinski definition) is 7. The first-order valence-electron chi connectivity index (χ1n) is 22.7. The highest BCUT2D eigenvalue weighted by Crippen LogP contribution is 2.70. The zero-order valence-electron chi connectivity index (χ0n) is 36.5. The fourth-order valence-electron chi connectivity index (χ4n) is 12.9. The molecule has 10 atom stereocenters. The predicted molar refractivity (Wildman–Crippen MR) is 253 cm³/mol. The molecule has 330 valence electrons. The molecule has 3 saturated carbocycles. The van der Waals surface area contributed by atoms with E-state index in [1.54, 1.807) is 48.8 Å². The lowest BCUT2D eigenvalue weighted by Gasteiger charge is -2.48. The van der Waals surface area contributed by atoms with Crippen LogP contribution >= 0.6 is 22.7 Å². The lowest BCUT2D eigenvalue weighted by atomic mass is 9.57. The molecule has 0 amide bonds. The number of carbonyl (C=O) groups is 1. The number of Topliss-reactive ketones (excluding diaryl/α,β-unsaturated/α-hetero) is 1. The average molecular weight is 885 g/mol. The summed E-state index contributed by atoms with van der Waals surface area (Å²) in [6.07, 6.45) is 8.11. The van der Waals surface area contributed by atoms with E-state index in [4.69, 9.17) is 5.73 Å². The highest BCUT2D eigenvalue weighted by atomic mass is 32.1. The van der Waals surface area contributed by atoms with Crippen LogP contribution in [0.25, 0.3) is 9.75 Å². The van der Waals surface area contributed by atoms with Crippen LogP contribution in [-0.2, 0) is 12.8 Å². The van der Waals surface area contributed by atoms with E-state index in [0.717, 1.165) is 93.1 Å². The number of rotatable bonds is 6. The molecular weight excluding hydrogens is 825 g/mol. The summed E-state index contributed by atoms with van der Waals surface area (Å²) in [5, 5.41) is 52.6. The van der Waals surface area contributed by atoms with Gasteiger partial charge < -0.3 is 36.8 Å².